The predicted molar refractivity (Wildman–Crippen MR) is 185 cm³/mol. The highest BCUT2D eigenvalue weighted by Crippen LogP contribution is 2.28. The Morgan fingerprint density at radius 1 is 0.787 bits per heavy atom. The van der Waals surface area contributed by atoms with Crippen LogP contribution in [0.25, 0.3) is 11.1 Å². The number of hydrogen-bond acceptors (Lipinski definition) is 8. The Hall–Kier alpha value is -4.09. The van der Waals surface area contributed by atoms with Crippen LogP contribution in [0.1, 0.15) is 28.8 Å². The number of piperazine rings is 1. The van der Waals surface area contributed by atoms with Gasteiger partial charge in [-0.1, -0.05) is 72.8 Å². The minimum absolute atomic E-state index is 0.0858. The zero-order chi connectivity index (χ0) is 33.0. The van der Waals surface area contributed by atoms with Gasteiger partial charge in [-0.25, -0.2) is 4.79 Å². The monoisotopic (exact) mass is 640 g/mol. The molecule has 3 aromatic carbocycles. The van der Waals surface area contributed by atoms with Gasteiger partial charge in [0.2, 0.25) is 5.91 Å². The lowest BCUT2D eigenvalue weighted by Crippen LogP contribution is -2.48. The largest absolute Gasteiger partial charge is 0.446 e. The fourth-order valence-corrected chi connectivity index (χ4v) is 6.04. The Balaban J connectivity index is 0.947. The van der Waals surface area contributed by atoms with Crippen LogP contribution in [0.5, 0.6) is 0 Å². The molecule has 5 rings (SSSR count). The Kier molecular flexibility index (Phi) is 12.5. The molecule has 0 spiro atoms. The number of nitrogens with zero attached hydrogens (tertiary/aromatic N) is 4. The summed E-state index contributed by atoms with van der Waals surface area (Å²) >= 11 is 0. The highest BCUT2D eigenvalue weighted by molar-refractivity contribution is 5.97. The average Bonchev–Trinajstić information content (AvgIpc) is 3.09. The van der Waals surface area contributed by atoms with Crippen molar-refractivity contribution in [2.75, 3.05) is 84.9 Å². The first-order valence-electron chi connectivity index (χ1n) is 16.7. The first kappa shape index (κ1) is 34.3. The maximum Gasteiger partial charge on any atom is 0.411 e. The van der Waals surface area contributed by atoms with Crippen LogP contribution >= 0.6 is 0 Å². The molecule has 2 aliphatic rings. The van der Waals surface area contributed by atoms with Gasteiger partial charge in [0.05, 0.1) is 18.8 Å². The van der Waals surface area contributed by atoms with Crippen LogP contribution in [0.2, 0.25) is 0 Å². The lowest BCUT2D eigenvalue weighted by molar-refractivity contribution is -0.130. The maximum absolute atomic E-state index is 12.8. The van der Waals surface area contributed by atoms with Gasteiger partial charge in [0, 0.05) is 84.1 Å². The lowest BCUT2D eigenvalue weighted by Gasteiger charge is -2.34. The molecule has 2 aliphatic heterocycles. The number of hydrogen-bond donors (Lipinski definition) is 2. The molecule has 3 aromatic rings. The van der Waals surface area contributed by atoms with Crippen molar-refractivity contribution in [1.82, 2.24) is 24.9 Å². The van der Waals surface area contributed by atoms with E-state index in [4.69, 9.17) is 4.74 Å². The van der Waals surface area contributed by atoms with Crippen molar-refractivity contribution in [3.05, 3.63) is 90.0 Å². The van der Waals surface area contributed by atoms with Gasteiger partial charge < -0.3 is 19.9 Å². The molecule has 0 saturated carbocycles. The molecule has 0 radical (unpaired) electrons. The molecule has 2 heterocycles. The minimum atomic E-state index is -0.423. The number of rotatable bonds is 13. The summed E-state index contributed by atoms with van der Waals surface area (Å²) in [6.45, 7) is 8.50. The van der Waals surface area contributed by atoms with Crippen LogP contribution in [-0.4, -0.2) is 123 Å². The minimum Gasteiger partial charge on any atom is -0.446 e. The number of benzene rings is 3. The van der Waals surface area contributed by atoms with Crippen molar-refractivity contribution in [2.45, 2.75) is 25.5 Å². The van der Waals surface area contributed by atoms with Crippen molar-refractivity contribution in [2.24, 2.45) is 0 Å². The van der Waals surface area contributed by atoms with Gasteiger partial charge in [-0.2, -0.15) is 0 Å². The molecule has 47 heavy (non-hydrogen) atoms. The molecule has 0 aliphatic carbocycles. The number of likely N-dealkylation sites (N-methyl/N-ethyl adjacent to an activating group) is 1. The molecular formula is C37H48N6O4. The highest BCUT2D eigenvalue weighted by atomic mass is 16.6. The fourth-order valence-electron chi connectivity index (χ4n) is 6.04. The summed E-state index contributed by atoms with van der Waals surface area (Å²) in [4.78, 5) is 46.0. The maximum atomic E-state index is 12.8. The number of Topliss-reactive ketones (excluding diaryl/α,β-unsaturated/α-hetero) is 1. The number of carbonyl (C=O) groups excluding carboxylic acids is 3. The van der Waals surface area contributed by atoms with Crippen molar-refractivity contribution >= 4 is 23.5 Å². The first-order chi connectivity index (χ1) is 22.8. The van der Waals surface area contributed by atoms with E-state index in [9.17, 15) is 14.4 Å². The SMILES string of the molecule is CN(C)C(=O)CN1CCN(Cc2ccc(C(=O)CNCCN3CCC(OC(=O)Nc4ccccc4-c4ccccc4)CC3)cc2)CC1. The second kappa shape index (κ2) is 17.2. The van der Waals surface area contributed by atoms with E-state index in [0.29, 0.717) is 13.1 Å². The van der Waals surface area contributed by atoms with E-state index >= 15 is 0 Å². The standard InChI is InChI=1S/C37H48N6O4/c1-40(2)36(45)28-43-24-22-42(23-25-43)27-29-12-14-31(15-13-29)35(44)26-38-18-21-41-19-16-32(17-20-41)47-37(46)39-34-11-7-6-10-33(34)30-8-4-3-5-9-30/h3-15,32,38H,16-28H2,1-2H3,(H,39,46). The van der Waals surface area contributed by atoms with E-state index in [1.165, 1.54) is 5.56 Å². The average molecular weight is 641 g/mol. The van der Waals surface area contributed by atoms with Crippen LogP contribution in [0.4, 0.5) is 10.5 Å². The molecule has 2 amide bonds. The van der Waals surface area contributed by atoms with Gasteiger partial charge in [0.1, 0.15) is 6.10 Å². The predicted octanol–water partition coefficient (Wildman–Crippen LogP) is 4.04. The molecule has 0 unspecified atom stereocenters. The van der Waals surface area contributed by atoms with Gasteiger partial charge in [-0.15, -0.1) is 0 Å². The summed E-state index contributed by atoms with van der Waals surface area (Å²) in [6, 6.07) is 25.7. The summed E-state index contributed by atoms with van der Waals surface area (Å²) < 4.78 is 5.76. The third-order valence-electron chi connectivity index (χ3n) is 8.95. The fraction of sp³-hybridized carbons (Fsp3) is 0.432. The number of piperidine rings is 1. The van der Waals surface area contributed by atoms with Gasteiger partial charge in [0.15, 0.2) is 5.78 Å². The summed E-state index contributed by atoms with van der Waals surface area (Å²) in [6.07, 6.45) is 1.03. The molecule has 0 aromatic heterocycles. The smallest absolute Gasteiger partial charge is 0.411 e. The third kappa shape index (κ3) is 10.5. The van der Waals surface area contributed by atoms with Gasteiger partial charge in [-0.05, 0) is 30.0 Å². The van der Waals surface area contributed by atoms with Crippen LogP contribution in [0.15, 0.2) is 78.9 Å². The number of para-hydroxylation sites is 1. The summed E-state index contributed by atoms with van der Waals surface area (Å²) in [5, 5.41) is 6.23. The molecular weight excluding hydrogens is 592 g/mol. The van der Waals surface area contributed by atoms with E-state index < -0.39 is 6.09 Å². The number of amides is 2. The number of carbonyl (C=O) groups is 3. The van der Waals surface area contributed by atoms with Gasteiger partial charge in [0.25, 0.3) is 0 Å². The Morgan fingerprint density at radius 2 is 1.45 bits per heavy atom. The zero-order valence-electron chi connectivity index (χ0n) is 27.7. The number of ether oxygens (including phenoxy) is 1. The van der Waals surface area contributed by atoms with E-state index in [2.05, 4.69) is 25.3 Å². The second-order valence-corrected chi connectivity index (χ2v) is 12.6. The lowest BCUT2D eigenvalue weighted by atomic mass is 10.0. The first-order valence-corrected chi connectivity index (χ1v) is 16.7. The van der Waals surface area contributed by atoms with E-state index in [-0.39, 0.29) is 17.8 Å². The van der Waals surface area contributed by atoms with Crippen LogP contribution in [-0.2, 0) is 16.1 Å². The van der Waals surface area contributed by atoms with E-state index in [1.54, 1.807) is 19.0 Å². The molecule has 0 bridgehead atoms. The Bertz CT molecular complexity index is 1450. The summed E-state index contributed by atoms with van der Waals surface area (Å²) in [7, 11) is 3.59. The summed E-state index contributed by atoms with van der Waals surface area (Å²) in [5.41, 5.74) is 4.64. The zero-order valence-corrected chi connectivity index (χ0v) is 27.7. The number of nitrogens with one attached hydrogen (secondary N) is 2. The van der Waals surface area contributed by atoms with E-state index in [0.717, 1.165) is 94.1 Å². The van der Waals surface area contributed by atoms with Crippen LogP contribution in [0.3, 0.4) is 0 Å². The molecule has 10 nitrogen and oxygen atoms in total. The molecule has 2 saturated heterocycles. The van der Waals surface area contributed by atoms with Gasteiger partial charge in [-0.3, -0.25) is 24.7 Å². The van der Waals surface area contributed by atoms with Crippen molar-refractivity contribution < 1.29 is 19.1 Å². The highest BCUT2D eigenvalue weighted by Gasteiger charge is 2.23. The normalized spacial score (nSPS) is 16.5. The van der Waals surface area contributed by atoms with Crippen molar-refractivity contribution in [3.63, 3.8) is 0 Å². The van der Waals surface area contributed by atoms with Crippen LogP contribution in [0, 0.1) is 0 Å². The molecule has 2 N–H and O–H groups in total. The Labute approximate surface area is 278 Å². The number of likely N-dealkylation sites (tertiary alicyclic amines) is 1. The topological polar surface area (TPSA) is 97.5 Å². The van der Waals surface area contributed by atoms with E-state index in [1.807, 2.05) is 78.9 Å². The van der Waals surface area contributed by atoms with Gasteiger partial charge >= 0.3 is 6.09 Å². The molecule has 0 atom stereocenters. The second-order valence-electron chi connectivity index (χ2n) is 12.6. The van der Waals surface area contributed by atoms with Crippen LogP contribution < -0.4 is 10.6 Å². The molecule has 2 fully saturated rings. The number of anilines is 1. The summed E-state index contributed by atoms with van der Waals surface area (Å²) in [5.74, 6) is 0.228. The third-order valence-corrected chi connectivity index (χ3v) is 8.95. The Morgan fingerprint density at radius 3 is 2.15 bits per heavy atom. The van der Waals surface area contributed by atoms with Crippen molar-refractivity contribution in [3.8, 4) is 11.1 Å². The molecule has 10 heteroatoms. The quantitative estimate of drug-likeness (QED) is 0.214. The van der Waals surface area contributed by atoms with Crippen molar-refractivity contribution in [1.29, 1.82) is 0 Å². The number of ketones is 1. The molecule has 250 valence electrons.